The van der Waals surface area contributed by atoms with Gasteiger partial charge in [0.05, 0.1) is 29.1 Å². The number of piperidine rings is 1. The zero-order valence-corrected chi connectivity index (χ0v) is 17.4. The Hall–Kier alpha value is -3.17. The van der Waals surface area contributed by atoms with E-state index in [1.807, 2.05) is 18.3 Å². The largest absolute Gasteiger partial charge is 0.489 e. The van der Waals surface area contributed by atoms with Gasteiger partial charge in [0.15, 0.2) is 0 Å². The Bertz CT molecular complexity index is 1090. The van der Waals surface area contributed by atoms with Crippen LogP contribution in [0.1, 0.15) is 29.3 Å². The minimum Gasteiger partial charge on any atom is -0.489 e. The van der Waals surface area contributed by atoms with Gasteiger partial charge in [0.2, 0.25) is 0 Å². The zero-order chi connectivity index (χ0) is 21.6. The summed E-state index contributed by atoms with van der Waals surface area (Å²) >= 11 is 0. The molecule has 0 radical (unpaired) electrons. The number of aliphatic hydroxyl groups is 1. The highest BCUT2D eigenvalue weighted by Crippen LogP contribution is 2.25. The van der Waals surface area contributed by atoms with Gasteiger partial charge < -0.3 is 25.8 Å². The van der Waals surface area contributed by atoms with Crippen LogP contribution in [0.4, 0.5) is 5.82 Å². The molecule has 3 unspecified atom stereocenters. The van der Waals surface area contributed by atoms with Crippen LogP contribution in [0.3, 0.4) is 0 Å². The molecule has 3 atom stereocenters. The first-order chi connectivity index (χ1) is 14.9. The maximum atomic E-state index is 11.4. The van der Waals surface area contributed by atoms with Crippen LogP contribution in [0, 0.1) is 0 Å². The topological polar surface area (TPSA) is 118 Å². The number of nitrogens with zero attached hydrogens (tertiary/aromatic N) is 4. The van der Waals surface area contributed by atoms with Gasteiger partial charge in [-0.2, -0.15) is 5.10 Å². The third kappa shape index (κ3) is 4.06. The van der Waals surface area contributed by atoms with Crippen LogP contribution in [0.5, 0.6) is 5.75 Å². The van der Waals surface area contributed by atoms with E-state index in [1.165, 1.54) is 17.1 Å². The number of amides is 1. The van der Waals surface area contributed by atoms with Crippen molar-refractivity contribution in [1.82, 2.24) is 19.9 Å². The van der Waals surface area contributed by atoms with Crippen molar-refractivity contribution in [1.29, 1.82) is 0 Å². The standard InChI is InChI=1S/C22H26N6O3/c1-22(30,13-31-17-3-4-19-18(21(23)29)9-25-28(19)12-17)7-14-2-5-20(24-8-14)27-10-15-6-16(11-27)26-15/h2-5,8-9,12,15-16,26,30H,6-7,10-11,13H2,1H3,(H2,23,29). The van der Waals surface area contributed by atoms with Crippen molar-refractivity contribution in [3.05, 3.63) is 54.0 Å². The van der Waals surface area contributed by atoms with E-state index >= 15 is 0 Å². The summed E-state index contributed by atoms with van der Waals surface area (Å²) in [6.45, 7) is 3.83. The van der Waals surface area contributed by atoms with Gasteiger partial charge in [0, 0.05) is 37.8 Å². The van der Waals surface area contributed by atoms with Gasteiger partial charge in [-0.25, -0.2) is 9.50 Å². The number of hydrogen-bond donors (Lipinski definition) is 3. The normalized spacial score (nSPS) is 22.1. The van der Waals surface area contributed by atoms with E-state index in [2.05, 4.69) is 20.3 Å². The van der Waals surface area contributed by atoms with Crippen molar-refractivity contribution in [2.75, 3.05) is 24.6 Å². The maximum Gasteiger partial charge on any atom is 0.252 e. The third-order valence-electron chi connectivity index (χ3n) is 5.94. The van der Waals surface area contributed by atoms with Gasteiger partial charge in [0.25, 0.3) is 5.91 Å². The van der Waals surface area contributed by atoms with Crippen LogP contribution in [-0.4, -0.2) is 63.0 Å². The van der Waals surface area contributed by atoms with E-state index in [-0.39, 0.29) is 6.61 Å². The number of piperazine rings is 1. The third-order valence-corrected chi connectivity index (χ3v) is 5.94. The molecule has 3 aromatic rings. The molecule has 0 spiro atoms. The van der Waals surface area contributed by atoms with Crippen molar-refractivity contribution >= 4 is 17.2 Å². The maximum absolute atomic E-state index is 11.4. The lowest BCUT2D eigenvalue weighted by Crippen LogP contribution is -2.67. The van der Waals surface area contributed by atoms with E-state index in [1.54, 1.807) is 25.3 Å². The van der Waals surface area contributed by atoms with Crippen molar-refractivity contribution in [3.8, 4) is 5.75 Å². The lowest BCUT2D eigenvalue weighted by atomic mass is 9.91. The molecule has 9 heteroatoms. The molecule has 3 aromatic heterocycles. The zero-order valence-electron chi connectivity index (χ0n) is 17.4. The molecule has 6 heterocycles. The number of ether oxygens (including phenoxy) is 1. The molecule has 4 N–H and O–H groups in total. The first-order valence-corrected chi connectivity index (χ1v) is 10.4. The minimum absolute atomic E-state index is 0.103. The molecule has 6 rings (SSSR count). The van der Waals surface area contributed by atoms with E-state index < -0.39 is 11.5 Å². The SMILES string of the molecule is CC(O)(COc1ccc2c(C(N)=O)cnn2c1)Cc1ccc(N2CC3CC(C2)N3)nc1. The number of carbonyl (C=O) groups excluding carboxylic acids is 1. The molecule has 1 amide bonds. The van der Waals surface area contributed by atoms with Crippen LogP contribution in [0.25, 0.3) is 5.52 Å². The Morgan fingerprint density at radius 3 is 2.74 bits per heavy atom. The Morgan fingerprint density at radius 2 is 2.06 bits per heavy atom. The van der Waals surface area contributed by atoms with Crippen LogP contribution in [0.2, 0.25) is 0 Å². The lowest BCUT2D eigenvalue weighted by molar-refractivity contribution is 0.0118. The minimum atomic E-state index is -1.07. The summed E-state index contributed by atoms with van der Waals surface area (Å²) in [7, 11) is 0. The van der Waals surface area contributed by atoms with E-state index in [0.717, 1.165) is 24.5 Å². The molecular weight excluding hydrogens is 396 g/mol. The average Bonchev–Trinajstić information content (AvgIpc) is 3.16. The number of nitrogens with two attached hydrogens (primary N) is 1. The van der Waals surface area contributed by atoms with Crippen molar-refractivity contribution in [2.24, 2.45) is 5.73 Å². The second-order valence-electron chi connectivity index (χ2n) is 8.81. The Kier molecular flexibility index (Phi) is 4.79. The van der Waals surface area contributed by atoms with E-state index in [0.29, 0.717) is 35.3 Å². The van der Waals surface area contributed by atoms with Crippen molar-refractivity contribution in [2.45, 2.75) is 37.5 Å². The number of fused-ring (bicyclic) bond motifs is 3. The highest BCUT2D eigenvalue weighted by molar-refractivity contribution is 5.99. The predicted molar refractivity (Wildman–Crippen MR) is 115 cm³/mol. The number of hydrogen-bond acceptors (Lipinski definition) is 7. The predicted octanol–water partition coefficient (Wildman–Crippen LogP) is 0.751. The summed E-state index contributed by atoms with van der Waals surface area (Å²) in [6.07, 6.45) is 6.60. The number of carbonyl (C=O) groups is 1. The molecule has 3 aliphatic rings. The molecule has 9 nitrogen and oxygen atoms in total. The van der Waals surface area contributed by atoms with Crippen LogP contribution in [-0.2, 0) is 6.42 Å². The molecule has 162 valence electrons. The van der Waals surface area contributed by atoms with Crippen LogP contribution >= 0.6 is 0 Å². The number of primary amides is 1. The van der Waals surface area contributed by atoms with Gasteiger partial charge in [-0.05, 0) is 37.1 Å². The lowest BCUT2D eigenvalue weighted by Gasteiger charge is -2.48. The average molecular weight is 422 g/mol. The molecular formula is C22H26N6O3. The van der Waals surface area contributed by atoms with Crippen molar-refractivity contribution in [3.63, 3.8) is 0 Å². The number of pyridine rings is 2. The fourth-order valence-electron chi connectivity index (χ4n) is 4.38. The monoisotopic (exact) mass is 422 g/mol. The van der Waals surface area contributed by atoms with Crippen LogP contribution in [0.15, 0.2) is 42.9 Å². The smallest absolute Gasteiger partial charge is 0.252 e. The number of rotatable bonds is 7. The number of nitrogens with one attached hydrogen (secondary N) is 1. The molecule has 3 saturated heterocycles. The Balaban J connectivity index is 1.20. The second kappa shape index (κ2) is 7.51. The molecule has 31 heavy (non-hydrogen) atoms. The number of aromatic nitrogens is 3. The summed E-state index contributed by atoms with van der Waals surface area (Å²) in [4.78, 5) is 18.3. The summed E-state index contributed by atoms with van der Waals surface area (Å²) in [5.41, 5.74) is 6.19. The van der Waals surface area contributed by atoms with Gasteiger partial charge in [0.1, 0.15) is 18.2 Å². The fourth-order valence-corrected chi connectivity index (χ4v) is 4.38. The van der Waals surface area contributed by atoms with Crippen molar-refractivity contribution < 1.29 is 14.6 Å². The van der Waals surface area contributed by atoms with E-state index in [9.17, 15) is 9.90 Å². The first kappa shape index (κ1) is 19.8. The Morgan fingerprint density at radius 1 is 1.29 bits per heavy atom. The highest BCUT2D eigenvalue weighted by Gasteiger charge is 2.36. The summed E-state index contributed by atoms with van der Waals surface area (Å²) in [6, 6.07) is 8.67. The Labute approximate surface area is 179 Å². The molecule has 3 aliphatic heterocycles. The number of anilines is 1. The van der Waals surface area contributed by atoms with Gasteiger partial charge in [-0.15, -0.1) is 0 Å². The molecule has 0 aromatic carbocycles. The van der Waals surface area contributed by atoms with Gasteiger partial charge in [-0.3, -0.25) is 4.79 Å². The molecule has 2 bridgehead atoms. The molecule has 0 saturated carbocycles. The summed E-state index contributed by atoms with van der Waals surface area (Å²) in [5.74, 6) is 0.997. The highest BCUT2D eigenvalue weighted by atomic mass is 16.5. The summed E-state index contributed by atoms with van der Waals surface area (Å²) in [5, 5.41) is 18.5. The summed E-state index contributed by atoms with van der Waals surface area (Å²) < 4.78 is 7.33. The van der Waals surface area contributed by atoms with E-state index in [4.69, 9.17) is 10.5 Å². The van der Waals surface area contributed by atoms with Gasteiger partial charge >= 0.3 is 0 Å². The first-order valence-electron chi connectivity index (χ1n) is 10.4. The second-order valence-corrected chi connectivity index (χ2v) is 8.81. The van der Waals surface area contributed by atoms with Gasteiger partial charge in [-0.1, -0.05) is 6.07 Å². The fraction of sp³-hybridized carbons (Fsp3) is 0.409. The molecule has 3 fully saturated rings. The molecule has 0 aliphatic carbocycles. The quantitative estimate of drug-likeness (QED) is 0.514. The van der Waals surface area contributed by atoms with Crippen LogP contribution < -0.4 is 20.7 Å².